The van der Waals surface area contributed by atoms with E-state index in [-0.39, 0.29) is 86.5 Å². The molecule has 1 N–H and O–H groups in total. The van der Waals surface area contributed by atoms with Crippen molar-refractivity contribution in [3.8, 4) is 46.0 Å². The highest BCUT2D eigenvalue weighted by Gasteiger charge is 2.41. The molecule has 2 aliphatic heterocycles. The van der Waals surface area contributed by atoms with Crippen LogP contribution in [0.2, 0.25) is 20.1 Å². The largest absolute Gasteiger partial charge is 0.507 e. The highest BCUT2D eigenvalue weighted by atomic mass is 127. The Labute approximate surface area is 488 Å². The number of benzene rings is 6. The minimum Gasteiger partial charge on any atom is -0.507 e. The van der Waals surface area contributed by atoms with Gasteiger partial charge in [0.05, 0.1) is 34.3 Å². The molecule has 2 heterocycles. The first-order valence-corrected chi connectivity index (χ1v) is 30.2. The third kappa shape index (κ3) is 16.8. The highest BCUT2D eigenvalue weighted by molar-refractivity contribution is 14.1. The molecule has 0 spiro atoms. The number of halogens is 11. The van der Waals surface area contributed by atoms with Gasteiger partial charge >= 0.3 is 0 Å². The number of rotatable bonds is 15. The van der Waals surface area contributed by atoms with Gasteiger partial charge in [-0.1, -0.05) is 125 Å². The van der Waals surface area contributed by atoms with Crippen molar-refractivity contribution < 1.29 is 63.2 Å². The Morgan fingerprint density at radius 1 is 0.566 bits per heavy atom. The summed E-state index contributed by atoms with van der Waals surface area (Å²) in [5, 5.41) is 10.8. The molecule has 8 rings (SSSR count). The summed E-state index contributed by atoms with van der Waals surface area (Å²) in [4.78, 5) is -0.660. The number of aryl methyl sites for hydroxylation is 1. The lowest BCUT2D eigenvalue weighted by Gasteiger charge is -2.31. The Balaban J connectivity index is 0.000000211. The predicted octanol–water partition coefficient (Wildman–Crippen LogP) is 15.9. The van der Waals surface area contributed by atoms with Crippen LogP contribution in [0.1, 0.15) is 36.8 Å². The van der Waals surface area contributed by atoms with Gasteiger partial charge in [0.1, 0.15) is 50.9 Å². The van der Waals surface area contributed by atoms with Gasteiger partial charge in [0.25, 0.3) is 11.8 Å². The summed E-state index contributed by atoms with van der Waals surface area (Å²) in [5.74, 6) is -4.23. The fraction of sp³-hybridized carbons (Fsp3) is 0.294. The summed E-state index contributed by atoms with van der Waals surface area (Å²) in [6.07, 6.45) is -1.13. The van der Waals surface area contributed by atoms with E-state index >= 15 is 0 Å². The number of hydrogen-bond donors (Lipinski definition) is 1. The molecule has 25 heteroatoms. The van der Waals surface area contributed by atoms with E-state index in [0.717, 1.165) is 38.5 Å². The SMILES string of the molecule is COc1ccc(CCI)cc1.COc1ccc(COc2ccc(Oc3c(Cl)cc(Br)cc3Cl)cc2S(=O)(=O)N2CCC(F)(F)CC2)cc1.O=S(=O)(c1cc(Oc2c(Cl)cc(Br)cc2Cl)ccc1O)N1CCC(F)(F)CC1. The van der Waals surface area contributed by atoms with Crippen molar-refractivity contribution in [2.24, 2.45) is 0 Å². The van der Waals surface area contributed by atoms with Crippen molar-refractivity contribution in [1.82, 2.24) is 8.61 Å². The molecule has 76 heavy (non-hydrogen) atoms. The van der Waals surface area contributed by atoms with E-state index in [1.54, 1.807) is 62.8 Å². The van der Waals surface area contributed by atoms with Crippen molar-refractivity contribution in [2.75, 3.05) is 44.8 Å². The van der Waals surface area contributed by atoms with Gasteiger partial charge in [0.2, 0.25) is 20.0 Å². The van der Waals surface area contributed by atoms with E-state index in [2.05, 4.69) is 66.6 Å². The fourth-order valence-electron chi connectivity index (χ4n) is 7.30. The van der Waals surface area contributed by atoms with Gasteiger partial charge in [-0.3, -0.25) is 0 Å². The molecule has 0 unspecified atom stereocenters. The maximum Gasteiger partial charge on any atom is 0.250 e. The monoisotopic (exact) mass is 1410 g/mol. The third-order valence-electron chi connectivity index (χ3n) is 11.5. The standard InChI is InChI=1S/C25H22BrCl2F2NO5S.C17H14BrCl2F2NO4S.C9H11IO/c1-34-18-4-2-16(3-5-18)15-35-22-7-6-19(36-24-20(27)12-17(26)13-21(24)28)14-23(22)37(32,33)31-10-8-25(29,30)9-11-31;18-10-7-12(19)16(13(20)8-10)27-11-1-2-14(24)15(9-11)28(25,26)23-5-3-17(21,22)4-6-23;1-11-9-4-2-8(3-5-9)6-7-10/h2-7,12-14H,8-11,15H2,1H3;1-2,7-9,24H,3-6H2;2-5H,6-7H2,1H3. The molecule has 0 aromatic heterocycles. The van der Waals surface area contributed by atoms with Crippen LogP contribution in [-0.2, 0) is 33.1 Å². The molecule has 0 aliphatic carbocycles. The van der Waals surface area contributed by atoms with Gasteiger partial charge < -0.3 is 28.8 Å². The minimum absolute atomic E-state index is 0.0495. The van der Waals surface area contributed by atoms with Crippen LogP contribution in [-0.4, -0.2) is 87.2 Å². The average molecular weight is 1420 g/mol. The maximum absolute atomic E-state index is 13.7. The molecule has 6 aromatic carbocycles. The summed E-state index contributed by atoms with van der Waals surface area (Å²) in [7, 11) is -5.15. The highest BCUT2D eigenvalue weighted by Crippen LogP contribution is 2.43. The lowest BCUT2D eigenvalue weighted by Crippen LogP contribution is -2.42. The lowest BCUT2D eigenvalue weighted by atomic mass is 10.1. The van der Waals surface area contributed by atoms with Crippen LogP contribution >= 0.6 is 101 Å². The normalized spacial score (nSPS) is 15.5. The second-order valence-electron chi connectivity index (χ2n) is 16.8. The summed E-state index contributed by atoms with van der Waals surface area (Å²) in [6, 6.07) is 29.4. The molecule has 2 saturated heterocycles. The zero-order chi connectivity index (χ0) is 55.6. The van der Waals surface area contributed by atoms with Crippen LogP contribution < -0.4 is 23.7 Å². The average Bonchev–Trinajstić information content (AvgIpc) is 3.36. The molecule has 0 bridgehead atoms. The van der Waals surface area contributed by atoms with E-state index < -0.39 is 68.2 Å². The number of methoxy groups -OCH3 is 2. The molecule has 410 valence electrons. The number of phenols is 1. The van der Waals surface area contributed by atoms with E-state index in [9.17, 15) is 39.5 Å². The summed E-state index contributed by atoms with van der Waals surface area (Å²) >= 11 is 33.6. The van der Waals surface area contributed by atoms with Crippen molar-refractivity contribution in [3.05, 3.63) is 149 Å². The lowest BCUT2D eigenvalue weighted by molar-refractivity contribution is -0.0419. The molecule has 12 nitrogen and oxygen atoms in total. The van der Waals surface area contributed by atoms with Gasteiger partial charge in [-0.2, -0.15) is 8.61 Å². The van der Waals surface area contributed by atoms with Crippen molar-refractivity contribution in [3.63, 3.8) is 0 Å². The number of hydrogen-bond acceptors (Lipinski definition) is 10. The van der Waals surface area contributed by atoms with Crippen LogP contribution in [0, 0.1) is 0 Å². The molecular formula is C51H47Br2Cl4F4IN2O10S2. The van der Waals surface area contributed by atoms with E-state index in [0.29, 0.717) is 14.7 Å². The molecule has 2 aliphatic rings. The number of phenolic OH excluding ortho intramolecular Hbond substituents is 1. The first-order chi connectivity index (χ1) is 35.8. The van der Waals surface area contributed by atoms with Gasteiger partial charge in [-0.15, -0.1) is 0 Å². The van der Waals surface area contributed by atoms with Gasteiger partial charge in [0, 0.05) is 77.4 Å². The zero-order valence-corrected chi connectivity index (χ0v) is 50.1. The van der Waals surface area contributed by atoms with Gasteiger partial charge in [-0.25, -0.2) is 34.4 Å². The molecular weight excluding hydrogens is 1370 g/mol. The Morgan fingerprint density at radius 3 is 1.34 bits per heavy atom. The van der Waals surface area contributed by atoms with Crippen molar-refractivity contribution >= 4 is 121 Å². The minimum atomic E-state index is -4.20. The number of alkyl halides is 5. The third-order valence-corrected chi connectivity index (χ3v) is 17.9. The van der Waals surface area contributed by atoms with Crippen LogP contribution in [0.15, 0.2) is 128 Å². The Morgan fingerprint density at radius 2 is 0.934 bits per heavy atom. The van der Waals surface area contributed by atoms with E-state index in [4.69, 9.17) is 70.1 Å². The zero-order valence-electron chi connectivity index (χ0n) is 40.2. The number of piperidine rings is 2. The fourth-order valence-corrected chi connectivity index (χ4v) is 13.6. The van der Waals surface area contributed by atoms with Crippen molar-refractivity contribution in [2.45, 2.75) is 60.3 Å². The van der Waals surface area contributed by atoms with Crippen LogP contribution in [0.3, 0.4) is 0 Å². The first-order valence-electron chi connectivity index (χ1n) is 22.7. The smallest absolute Gasteiger partial charge is 0.250 e. The van der Waals surface area contributed by atoms with Crippen LogP contribution in [0.4, 0.5) is 17.6 Å². The van der Waals surface area contributed by atoms with Crippen molar-refractivity contribution in [1.29, 1.82) is 0 Å². The molecule has 0 saturated carbocycles. The maximum atomic E-state index is 13.7. The Hall–Kier alpha value is -3.49. The van der Waals surface area contributed by atoms with Crippen LogP contribution in [0.5, 0.6) is 46.0 Å². The second kappa shape index (κ2) is 27.1. The summed E-state index contributed by atoms with van der Waals surface area (Å²) in [5.41, 5.74) is 2.15. The number of aromatic hydroxyl groups is 1. The molecule has 2 fully saturated rings. The summed E-state index contributed by atoms with van der Waals surface area (Å²) < 4.78 is 139. The molecule has 0 atom stereocenters. The first kappa shape index (κ1) is 61.7. The number of sulfonamides is 2. The number of ether oxygens (including phenoxy) is 5. The molecule has 6 aromatic rings. The quantitative estimate of drug-likeness (QED) is 0.0600. The van der Waals surface area contributed by atoms with Crippen LogP contribution in [0.25, 0.3) is 0 Å². The topological polar surface area (TPSA) is 141 Å². The molecule has 0 radical (unpaired) electrons. The number of nitrogens with zero attached hydrogens (tertiary/aromatic N) is 2. The van der Waals surface area contributed by atoms with Gasteiger partial charge in [0.15, 0.2) is 11.5 Å². The summed E-state index contributed by atoms with van der Waals surface area (Å²) in [6.45, 7) is -1.25. The van der Waals surface area contributed by atoms with E-state index in [1.807, 2.05) is 12.1 Å². The van der Waals surface area contributed by atoms with Gasteiger partial charge in [-0.05, 0) is 90.3 Å². The van der Waals surface area contributed by atoms with E-state index in [1.165, 1.54) is 34.3 Å². The molecule has 0 amide bonds. The Kier molecular flexibility index (Phi) is 22.0. The Bertz CT molecular complexity index is 3150. The second-order valence-corrected chi connectivity index (χ2v) is 25.1. The predicted molar refractivity (Wildman–Crippen MR) is 302 cm³/mol.